The molecule has 0 aliphatic rings. The average molecular weight is 230 g/mol. The zero-order valence-corrected chi connectivity index (χ0v) is 9.82. The first kappa shape index (κ1) is 14.6. The van der Waals surface area contributed by atoms with Crippen LogP contribution < -0.4 is 0 Å². The Morgan fingerprint density at radius 1 is 1.06 bits per heavy atom. The number of carbonyl (C=O) groups is 3. The van der Waals surface area contributed by atoms with Gasteiger partial charge < -0.3 is 10.2 Å². The van der Waals surface area contributed by atoms with E-state index in [1.54, 1.807) is 0 Å². The maximum atomic E-state index is 11.5. The van der Waals surface area contributed by atoms with Crippen LogP contribution in [-0.4, -0.2) is 27.9 Å². The van der Waals surface area contributed by atoms with E-state index in [-0.39, 0.29) is 24.0 Å². The lowest BCUT2D eigenvalue weighted by atomic mass is 9.86. The Hall–Kier alpha value is -1.39. The van der Waals surface area contributed by atoms with Crippen molar-refractivity contribution < 1.29 is 24.6 Å². The number of Topliss-reactive ketones (excluding diaryl/α,β-unsaturated/α-hetero) is 1. The summed E-state index contributed by atoms with van der Waals surface area (Å²) in [5, 5.41) is 17.3. The summed E-state index contributed by atoms with van der Waals surface area (Å²) in [6.07, 6.45) is -0.458. The monoisotopic (exact) mass is 230 g/mol. The molecule has 1 atom stereocenters. The van der Waals surface area contributed by atoms with Crippen LogP contribution in [0.4, 0.5) is 0 Å². The van der Waals surface area contributed by atoms with Gasteiger partial charge in [-0.2, -0.15) is 0 Å². The van der Waals surface area contributed by atoms with Crippen molar-refractivity contribution in [2.45, 2.75) is 40.0 Å². The van der Waals surface area contributed by atoms with Gasteiger partial charge in [-0.25, -0.2) is 0 Å². The Balaban J connectivity index is 4.35. The van der Waals surface area contributed by atoms with Crippen LogP contribution in [0.25, 0.3) is 0 Å². The van der Waals surface area contributed by atoms with Gasteiger partial charge in [0.2, 0.25) is 0 Å². The van der Waals surface area contributed by atoms with Crippen molar-refractivity contribution in [2.24, 2.45) is 11.3 Å². The fourth-order valence-corrected chi connectivity index (χ4v) is 1.40. The van der Waals surface area contributed by atoms with E-state index in [1.165, 1.54) is 0 Å². The van der Waals surface area contributed by atoms with Gasteiger partial charge in [-0.05, 0) is 5.41 Å². The molecule has 0 amide bonds. The van der Waals surface area contributed by atoms with Crippen LogP contribution in [-0.2, 0) is 14.4 Å². The van der Waals surface area contributed by atoms with Crippen LogP contribution in [0.2, 0.25) is 0 Å². The molecule has 0 spiro atoms. The summed E-state index contributed by atoms with van der Waals surface area (Å²) in [4.78, 5) is 32.6. The third-order valence-electron chi connectivity index (χ3n) is 1.97. The largest absolute Gasteiger partial charge is 0.481 e. The molecule has 5 heteroatoms. The molecule has 0 radical (unpaired) electrons. The Bertz CT molecular complexity index is 287. The fraction of sp³-hybridized carbons (Fsp3) is 0.727. The molecule has 0 aromatic heterocycles. The number of carboxylic acid groups (broad SMARTS) is 2. The summed E-state index contributed by atoms with van der Waals surface area (Å²) >= 11 is 0. The SMILES string of the molecule is CC(C)(C)CC(=O)C[C@H](CC(=O)O)C(=O)O. The molecule has 0 saturated heterocycles. The predicted molar refractivity (Wildman–Crippen MR) is 57.1 cm³/mol. The normalized spacial score (nSPS) is 13.2. The summed E-state index contributed by atoms with van der Waals surface area (Å²) in [6.45, 7) is 5.62. The van der Waals surface area contributed by atoms with Crippen LogP contribution in [0, 0.1) is 11.3 Å². The first-order valence-corrected chi connectivity index (χ1v) is 5.08. The van der Waals surface area contributed by atoms with Crippen molar-refractivity contribution in [3.8, 4) is 0 Å². The van der Waals surface area contributed by atoms with Gasteiger partial charge in [0.05, 0.1) is 12.3 Å². The number of hydrogen-bond acceptors (Lipinski definition) is 3. The van der Waals surface area contributed by atoms with Crippen molar-refractivity contribution >= 4 is 17.7 Å². The zero-order valence-electron chi connectivity index (χ0n) is 9.82. The maximum Gasteiger partial charge on any atom is 0.307 e. The molecule has 5 nitrogen and oxygen atoms in total. The molecule has 0 aromatic rings. The molecule has 0 heterocycles. The molecule has 92 valence electrons. The summed E-state index contributed by atoms with van der Waals surface area (Å²) in [7, 11) is 0. The molecule has 0 aliphatic heterocycles. The van der Waals surface area contributed by atoms with Gasteiger partial charge in [0, 0.05) is 12.8 Å². The maximum absolute atomic E-state index is 11.5. The first-order chi connectivity index (χ1) is 7.11. The molecule has 0 saturated carbocycles. The van der Waals surface area contributed by atoms with Crippen LogP contribution in [0.1, 0.15) is 40.0 Å². The molecule has 2 N–H and O–H groups in total. The number of rotatable bonds is 6. The van der Waals surface area contributed by atoms with Crippen molar-refractivity contribution in [3.05, 3.63) is 0 Å². The lowest BCUT2D eigenvalue weighted by Gasteiger charge is -2.18. The number of carboxylic acids is 2. The molecule has 0 rings (SSSR count). The van der Waals surface area contributed by atoms with Gasteiger partial charge in [0.15, 0.2) is 0 Å². The lowest BCUT2D eigenvalue weighted by Crippen LogP contribution is -2.23. The second-order valence-corrected chi connectivity index (χ2v) is 5.11. The highest BCUT2D eigenvalue weighted by Crippen LogP contribution is 2.22. The number of ketones is 1. The molecule has 0 aliphatic carbocycles. The van der Waals surface area contributed by atoms with Gasteiger partial charge in [0.1, 0.15) is 5.78 Å². The number of hydrogen-bond donors (Lipinski definition) is 2. The molecule has 0 unspecified atom stereocenters. The van der Waals surface area contributed by atoms with E-state index in [9.17, 15) is 14.4 Å². The van der Waals surface area contributed by atoms with E-state index < -0.39 is 24.3 Å². The molecule has 0 bridgehead atoms. The minimum absolute atomic E-state index is 0.205. The van der Waals surface area contributed by atoms with Gasteiger partial charge in [-0.15, -0.1) is 0 Å². The molecule has 0 fully saturated rings. The van der Waals surface area contributed by atoms with Gasteiger partial charge in [-0.1, -0.05) is 20.8 Å². The molecule has 16 heavy (non-hydrogen) atoms. The minimum atomic E-state index is -1.23. The third kappa shape index (κ3) is 6.98. The van der Waals surface area contributed by atoms with E-state index in [1.807, 2.05) is 20.8 Å². The summed E-state index contributed by atoms with van der Waals surface area (Å²) in [5.74, 6) is -3.76. The number of aliphatic carboxylic acids is 2. The van der Waals surface area contributed by atoms with E-state index in [0.29, 0.717) is 0 Å². The van der Waals surface area contributed by atoms with Crippen molar-refractivity contribution in [1.29, 1.82) is 0 Å². The smallest absolute Gasteiger partial charge is 0.307 e. The third-order valence-corrected chi connectivity index (χ3v) is 1.97. The summed E-state index contributed by atoms with van der Waals surface area (Å²) < 4.78 is 0. The van der Waals surface area contributed by atoms with E-state index in [0.717, 1.165) is 0 Å². The highest BCUT2D eigenvalue weighted by Gasteiger charge is 2.26. The highest BCUT2D eigenvalue weighted by molar-refractivity contribution is 5.86. The first-order valence-electron chi connectivity index (χ1n) is 5.08. The van der Waals surface area contributed by atoms with Crippen LogP contribution in [0.5, 0.6) is 0 Å². The fourth-order valence-electron chi connectivity index (χ4n) is 1.40. The van der Waals surface area contributed by atoms with Crippen molar-refractivity contribution in [3.63, 3.8) is 0 Å². The Labute approximate surface area is 94.5 Å². The van der Waals surface area contributed by atoms with Gasteiger partial charge in [-0.3, -0.25) is 14.4 Å². The van der Waals surface area contributed by atoms with E-state index in [2.05, 4.69) is 0 Å². The lowest BCUT2D eigenvalue weighted by molar-refractivity contribution is -0.149. The van der Waals surface area contributed by atoms with Crippen molar-refractivity contribution in [2.75, 3.05) is 0 Å². The second-order valence-electron chi connectivity index (χ2n) is 5.11. The molecular weight excluding hydrogens is 212 g/mol. The number of carbonyl (C=O) groups excluding carboxylic acids is 1. The van der Waals surface area contributed by atoms with Crippen molar-refractivity contribution in [1.82, 2.24) is 0 Å². The van der Waals surface area contributed by atoms with Gasteiger partial charge >= 0.3 is 11.9 Å². The van der Waals surface area contributed by atoms with Crippen LogP contribution in [0.15, 0.2) is 0 Å². The topological polar surface area (TPSA) is 91.7 Å². The van der Waals surface area contributed by atoms with Gasteiger partial charge in [0.25, 0.3) is 0 Å². The summed E-state index contributed by atoms with van der Waals surface area (Å²) in [6, 6.07) is 0. The predicted octanol–water partition coefficient (Wildman–Crippen LogP) is 1.56. The average Bonchev–Trinajstić information content (AvgIpc) is 1.97. The Morgan fingerprint density at radius 3 is 1.88 bits per heavy atom. The second kappa shape index (κ2) is 5.63. The van der Waals surface area contributed by atoms with Crippen LogP contribution in [0.3, 0.4) is 0 Å². The van der Waals surface area contributed by atoms with E-state index in [4.69, 9.17) is 10.2 Å². The Kier molecular flexibility index (Phi) is 5.14. The Morgan fingerprint density at radius 2 is 1.56 bits per heavy atom. The quantitative estimate of drug-likeness (QED) is 0.722. The van der Waals surface area contributed by atoms with Crippen LogP contribution >= 0.6 is 0 Å². The molecular formula is C11H18O5. The molecule has 0 aromatic carbocycles. The highest BCUT2D eigenvalue weighted by atomic mass is 16.4. The van der Waals surface area contributed by atoms with E-state index >= 15 is 0 Å². The standard InChI is InChI=1S/C11H18O5/c1-11(2,3)6-8(12)4-7(10(15)16)5-9(13)14/h7H,4-6H2,1-3H3,(H,13,14)(H,15,16)/t7-/m1/s1. The zero-order chi connectivity index (χ0) is 12.9. The summed E-state index contributed by atoms with van der Waals surface area (Å²) in [5.41, 5.74) is -0.205. The minimum Gasteiger partial charge on any atom is -0.481 e.